The Hall–Kier alpha value is -5.54. The summed E-state index contributed by atoms with van der Waals surface area (Å²) in [6, 6.07) is 3.85. The zero-order chi connectivity index (χ0) is 36.4. The monoisotopic (exact) mass is 744 g/mol. The van der Waals surface area contributed by atoms with E-state index in [0.29, 0.717) is 0 Å². The number of ether oxygens (including phenoxy) is 1. The minimum atomic E-state index is -1.46. The molecule has 0 aliphatic carbocycles. The van der Waals surface area contributed by atoms with Crippen LogP contribution in [-0.2, 0) is 43.2 Å². The highest BCUT2D eigenvalue weighted by Crippen LogP contribution is 2.42. The average Bonchev–Trinajstić information content (AvgIpc) is 3.87. The number of aliphatic hydroxyl groups is 1. The number of carboxylic acid groups (broad SMARTS) is 1. The minimum absolute atomic E-state index is 0.00902. The van der Waals surface area contributed by atoms with Crippen LogP contribution < -0.4 is 10.6 Å². The van der Waals surface area contributed by atoms with E-state index in [0.717, 1.165) is 21.6 Å². The molecule has 4 aliphatic heterocycles. The standard InChI is InChI=1S/C30H28N6O13S2/c1-45-33-17(15-5-3-7-47-15)23(38)31-19-25(40)35-21(29(42)43)14(12-51-27(19)35)10-49-30(44)22-13(9-37)11-50-28-20(26(41)36(22)28)32-24(39)18(34-46-2)16-6-4-8-48-16/h3-8,19-20,27-28,37H,9-12H2,1-2H3,(H,31,38)(H,32,39)(H,42,43)/b33-17-,34-18-/t19-,20-,27+,28+/m1/s1. The molecule has 4 atom stereocenters. The second-order valence-electron chi connectivity index (χ2n) is 10.9. The maximum Gasteiger partial charge on any atom is 0.355 e. The third-order valence-electron chi connectivity index (χ3n) is 7.94. The van der Waals surface area contributed by atoms with Crippen LogP contribution in [-0.4, -0.2) is 129 Å². The van der Waals surface area contributed by atoms with Crippen molar-refractivity contribution in [2.24, 2.45) is 10.3 Å². The Labute approximate surface area is 295 Å². The number of aliphatic carboxylic acids is 1. The zero-order valence-electron chi connectivity index (χ0n) is 26.6. The van der Waals surface area contributed by atoms with Crippen LogP contribution in [0.25, 0.3) is 0 Å². The van der Waals surface area contributed by atoms with Crippen molar-refractivity contribution in [3.63, 3.8) is 0 Å². The van der Waals surface area contributed by atoms with E-state index in [-0.39, 0.29) is 51.3 Å². The lowest BCUT2D eigenvalue weighted by Gasteiger charge is -2.50. The smallest absolute Gasteiger partial charge is 0.355 e. The summed E-state index contributed by atoms with van der Waals surface area (Å²) >= 11 is 2.33. The maximum atomic E-state index is 13.4. The number of carbonyl (C=O) groups excluding carboxylic acids is 5. The number of β-lactam (4-membered cyclic amide) rings is 2. The second kappa shape index (κ2) is 14.7. The highest BCUT2D eigenvalue weighted by atomic mass is 32.2. The minimum Gasteiger partial charge on any atom is -0.477 e. The topological polar surface area (TPSA) is 252 Å². The summed E-state index contributed by atoms with van der Waals surface area (Å²) in [5.74, 6) is -5.12. The van der Waals surface area contributed by atoms with Gasteiger partial charge in [0.2, 0.25) is 11.4 Å². The van der Waals surface area contributed by atoms with Crippen molar-refractivity contribution in [3.8, 4) is 0 Å². The van der Waals surface area contributed by atoms with Gasteiger partial charge in [0.15, 0.2) is 11.5 Å². The number of carboxylic acids is 1. The number of amides is 4. The van der Waals surface area contributed by atoms with Gasteiger partial charge in [-0.1, -0.05) is 10.3 Å². The first-order chi connectivity index (χ1) is 24.6. The summed E-state index contributed by atoms with van der Waals surface area (Å²) in [4.78, 5) is 89.8. The van der Waals surface area contributed by atoms with Crippen LogP contribution in [0, 0.1) is 0 Å². The molecule has 21 heteroatoms. The average molecular weight is 745 g/mol. The number of esters is 1. The molecule has 4 aliphatic rings. The van der Waals surface area contributed by atoms with Crippen molar-refractivity contribution in [3.05, 3.63) is 70.9 Å². The van der Waals surface area contributed by atoms with E-state index < -0.39 is 77.3 Å². The molecular formula is C30H28N6O13S2. The number of hydrogen-bond donors (Lipinski definition) is 4. The summed E-state index contributed by atoms with van der Waals surface area (Å²) in [6.45, 7) is -1.15. The Morgan fingerprint density at radius 3 is 1.76 bits per heavy atom. The van der Waals surface area contributed by atoms with Crippen LogP contribution in [0.15, 0.2) is 78.5 Å². The Morgan fingerprint density at radius 1 is 0.843 bits per heavy atom. The summed E-state index contributed by atoms with van der Waals surface area (Å²) < 4.78 is 15.9. The van der Waals surface area contributed by atoms with Crippen molar-refractivity contribution in [2.75, 3.05) is 38.9 Å². The molecule has 0 radical (unpaired) electrons. The van der Waals surface area contributed by atoms with E-state index in [2.05, 4.69) is 20.9 Å². The van der Waals surface area contributed by atoms with Crippen LogP contribution in [0.2, 0.25) is 0 Å². The molecule has 0 bridgehead atoms. The van der Waals surface area contributed by atoms with Crippen LogP contribution in [0.4, 0.5) is 0 Å². The van der Waals surface area contributed by atoms with Gasteiger partial charge in [0.05, 0.1) is 19.1 Å². The largest absolute Gasteiger partial charge is 0.477 e. The molecule has 0 aromatic carbocycles. The zero-order valence-corrected chi connectivity index (χ0v) is 28.2. The molecule has 2 fully saturated rings. The normalized spacial score (nSPS) is 23.1. The summed E-state index contributed by atoms with van der Waals surface area (Å²) in [5.41, 5.74) is -0.832. The fourth-order valence-corrected chi connectivity index (χ4v) is 8.30. The van der Waals surface area contributed by atoms with Gasteiger partial charge in [-0.2, -0.15) is 0 Å². The number of aliphatic hydroxyl groups excluding tert-OH is 1. The molecule has 6 rings (SSSR count). The highest BCUT2D eigenvalue weighted by molar-refractivity contribution is 8.00. The summed E-state index contributed by atoms with van der Waals surface area (Å²) in [6.07, 6.45) is 2.65. The Kier molecular flexibility index (Phi) is 10.2. The first kappa shape index (κ1) is 35.3. The molecule has 268 valence electrons. The number of thioether (sulfide) groups is 2. The van der Waals surface area contributed by atoms with E-state index in [1.54, 1.807) is 0 Å². The van der Waals surface area contributed by atoms with E-state index in [1.165, 1.54) is 62.8 Å². The van der Waals surface area contributed by atoms with Gasteiger partial charge < -0.3 is 44.1 Å². The Bertz CT molecular complexity index is 1890. The number of fused-ring (bicyclic) bond motifs is 2. The van der Waals surface area contributed by atoms with Gasteiger partial charge in [0.1, 0.15) is 55.1 Å². The van der Waals surface area contributed by atoms with Crippen molar-refractivity contribution < 1.29 is 62.2 Å². The first-order valence-electron chi connectivity index (χ1n) is 14.9. The lowest BCUT2D eigenvalue weighted by molar-refractivity contribution is -0.152. The molecule has 2 aromatic heterocycles. The summed E-state index contributed by atoms with van der Waals surface area (Å²) in [5, 5.41) is 31.0. The third-order valence-corrected chi connectivity index (χ3v) is 10.6. The SMILES string of the molecule is CO/N=C(\C(=O)N[C@@H]1C(=O)N2C(C(=O)O)=C(COC(=O)C3=C(CO)CS[C@H]4[C@H](NC(=O)/C(=N\OC)c5ccco5)C(=O)N34)CS[C@@H]12)c1ccco1. The molecule has 6 heterocycles. The Morgan fingerprint density at radius 2 is 1.33 bits per heavy atom. The van der Waals surface area contributed by atoms with Crippen LogP contribution in [0.3, 0.4) is 0 Å². The molecule has 4 amide bonds. The lowest BCUT2D eigenvalue weighted by Crippen LogP contribution is -2.71. The molecule has 0 spiro atoms. The molecule has 51 heavy (non-hydrogen) atoms. The number of furan rings is 2. The quantitative estimate of drug-likeness (QED) is 0.0848. The second-order valence-corrected chi connectivity index (χ2v) is 13.1. The van der Waals surface area contributed by atoms with Crippen LogP contribution in [0.1, 0.15) is 11.5 Å². The van der Waals surface area contributed by atoms with E-state index >= 15 is 0 Å². The number of rotatable bonds is 13. The molecule has 0 saturated carbocycles. The molecular weight excluding hydrogens is 716 g/mol. The van der Waals surface area contributed by atoms with Gasteiger partial charge in [0, 0.05) is 17.1 Å². The van der Waals surface area contributed by atoms with Gasteiger partial charge in [-0.25, -0.2) is 9.59 Å². The number of carbonyl (C=O) groups is 6. The van der Waals surface area contributed by atoms with Gasteiger partial charge in [-0.05, 0) is 29.8 Å². The van der Waals surface area contributed by atoms with Crippen LogP contribution >= 0.6 is 23.5 Å². The predicted molar refractivity (Wildman–Crippen MR) is 174 cm³/mol. The van der Waals surface area contributed by atoms with Crippen molar-refractivity contribution in [1.82, 2.24) is 20.4 Å². The number of nitrogens with zero attached hydrogens (tertiary/aromatic N) is 4. The third kappa shape index (κ3) is 6.45. The van der Waals surface area contributed by atoms with Gasteiger partial charge in [0.25, 0.3) is 23.6 Å². The van der Waals surface area contributed by atoms with Crippen molar-refractivity contribution in [1.29, 1.82) is 0 Å². The molecule has 0 unspecified atom stereocenters. The van der Waals surface area contributed by atoms with Crippen molar-refractivity contribution in [2.45, 2.75) is 22.8 Å². The van der Waals surface area contributed by atoms with Crippen molar-refractivity contribution >= 4 is 70.5 Å². The number of hydrogen-bond acceptors (Lipinski definition) is 16. The van der Waals surface area contributed by atoms with Gasteiger partial charge >= 0.3 is 11.9 Å². The fraction of sp³-hybridized carbons (Fsp3) is 0.333. The van der Waals surface area contributed by atoms with Gasteiger partial charge in [-0.15, -0.1) is 23.5 Å². The predicted octanol–water partition coefficient (Wildman–Crippen LogP) is -0.798. The fourth-order valence-electron chi connectivity index (χ4n) is 5.63. The molecule has 2 saturated heterocycles. The lowest BCUT2D eigenvalue weighted by atomic mass is 10.0. The Balaban J connectivity index is 1.13. The van der Waals surface area contributed by atoms with E-state index in [1.807, 2.05) is 0 Å². The molecule has 4 N–H and O–H groups in total. The molecule has 2 aromatic rings. The summed E-state index contributed by atoms with van der Waals surface area (Å²) in [7, 11) is 2.46. The first-order valence-corrected chi connectivity index (χ1v) is 17.0. The van der Waals surface area contributed by atoms with E-state index in [4.69, 9.17) is 23.2 Å². The van der Waals surface area contributed by atoms with Gasteiger partial charge in [-0.3, -0.25) is 29.0 Å². The number of nitrogens with one attached hydrogen (secondary N) is 2. The van der Waals surface area contributed by atoms with E-state index in [9.17, 15) is 39.0 Å². The maximum absolute atomic E-state index is 13.4. The highest BCUT2D eigenvalue weighted by Gasteiger charge is 2.56. The molecule has 19 nitrogen and oxygen atoms in total. The number of oxime groups is 2. The van der Waals surface area contributed by atoms with Crippen LogP contribution in [0.5, 0.6) is 0 Å².